The number of aromatic nitrogens is 3. The SMILES string of the molecule is CCOc1ccc(/C(O)=C2\C(=O)C(=O)N(c3nc4cc(OC)c(OC)cc4[nH]3)C2c2cccnc2)cc1C. The standard InChI is InChI=1S/C28H26N4O6/c1-5-38-20-9-8-16(11-15(20)2)25(33)23-24(17-7-6-10-29-14-17)32(27(35)26(23)34)28-30-18-12-21(36-3)22(37-4)13-19(18)31-28/h6-14,24,33H,5H2,1-4H3,(H,30,31)/b25-23+. The third kappa shape index (κ3) is 4.09. The van der Waals surface area contributed by atoms with E-state index < -0.39 is 17.7 Å². The monoisotopic (exact) mass is 514 g/mol. The van der Waals surface area contributed by atoms with Crippen molar-refractivity contribution in [2.75, 3.05) is 25.7 Å². The van der Waals surface area contributed by atoms with Gasteiger partial charge in [-0.25, -0.2) is 4.98 Å². The Morgan fingerprint density at radius 2 is 1.84 bits per heavy atom. The summed E-state index contributed by atoms with van der Waals surface area (Å²) in [5, 5.41) is 11.4. The van der Waals surface area contributed by atoms with Crippen LogP contribution in [0.15, 0.2) is 60.4 Å². The zero-order chi connectivity index (χ0) is 27.0. The number of imidazole rings is 1. The van der Waals surface area contributed by atoms with Crippen LogP contribution in [0.1, 0.15) is 29.7 Å². The van der Waals surface area contributed by atoms with Crippen molar-refractivity contribution in [2.45, 2.75) is 19.9 Å². The van der Waals surface area contributed by atoms with Crippen LogP contribution in [-0.2, 0) is 9.59 Å². The van der Waals surface area contributed by atoms with Gasteiger partial charge in [-0.05, 0) is 49.2 Å². The molecule has 1 saturated heterocycles. The molecule has 2 N–H and O–H groups in total. The van der Waals surface area contributed by atoms with Crippen LogP contribution in [0.5, 0.6) is 17.2 Å². The number of Topliss-reactive ketones (excluding diaryl/α,β-unsaturated/α-hetero) is 1. The van der Waals surface area contributed by atoms with E-state index >= 15 is 0 Å². The summed E-state index contributed by atoms with van der Waals surface area (Å²) in [4.78, 5) is 40.0. The van der Waals surface area contributed by atoms with Crippen LogP contribution in [0.4, 0.5) is 5.95 Å². The van der Waals surface area contributed by atoms with E-state index in [0.29, 0.717) is 46.0 Å². The van der Waals surface area contributed by atoms with Gasteiger partial charge in [-0.15, -0.1) is 0 Å². The molecular weight excluding hydrogens is 488 g/mol. The Morgan fingerprint density at radius 1 is 1.08 bits per heavy atom. The Hall–Kier alpha value is -4.86. The van der Waals surface area contributed by atoms with E-state index in [1.54, 1.807) is 54.9 Å². The number of aryl methyl sites for hydroxylation is 1. The van der Waals surface area contributed by atoms with Crippen LogP contribution in [0.2, 0.25) is 0 Å². The zero-order valence-electron chi connectivity index (χ0n) is 21.3. The average Bonchev–Trinajstić information content (AvgIpc) is 3.46. The largest absolute Gasteiger partial charge is 0.507 e. The van der Waals surface area contributed by atoms with Crippen molar-refractivity contribution >= 4 is 34.4 Å². The number of hydrogen-bond donors (Lipinski definition) is 2. The fourth-order valence-electron chi connectivity index (χ4n) is 4.61. The lowest BCUT2D eigenvalue weighted by atomic mass is 9.96. The Morgan fingerprint density at radius 3 is 2.50 bits per heavy atom. The minimum absolute atomic E-state index is 0.0674. The van der Waals surface area contributed by atoms with Gasteiger partial charge in [-0.1, -0.05) is 6.07 Å². The summed E-state index contributed by atoms with van der Waals surface area (Å²) in [5.74, 6) is -0.221. The van der Waals surface area contributed by atoms with Crippen molar-refractivity contribution in [1.82, 2.24) is 15.0 Å². The van der Waals surface area contributed by atoms with Crippen molar-refractivity contribution in [1.29, 1.82) is 0 Å². The van der Waals surface area contributed by atoms with Gasteiger partial charge < -0.3 is 24.3 Å². The molecule has 0 saturated carbocycles. The van der Waals surface area contributed by atoms with Crippen molar-refractivity contribution in [3.8, 4) is 17.2 Å². The summed E-state index contributed by atoms with van der Waals surface area (Å²) in [6.07, 6.45) is 3.14. The lowest BCUT2D eigenvalue weighted by Crippen LogP contribution is -2.30. The highest BCUT2D eigenvalue weighted by Crippen LogP contribution is 2.42. The zero-order valence-corrected chi connectivity index (χ0v) is 21.3. The lowest BCUT2D eigenvalue weighted by Gasteiger charge is -2.22. The molecule has 5 rings (SSSR count). The number of H-pyrrole nitrogens is 1. The molecule has 0 radical (unpaired) electrons. The third-order valence-electron chi connectivity index (χ3n) is 6.40. The molecule has 4 aromatic rings. The summed E-state index contributed by atoms with van der Waals surface area (Å²) in [6.45, 7) is 4.22. The maximum Gasteiger partial charge on any atom is 0.302 e. The number of aromatic amines is 1. The minimum Gasteiger partial charge on any atom is -0.507 e. The second kappa shape index (κ2) is 9.89. The maximum atomic E-state index is 13.4. The maximum absolute atomic E-state index is 13.4. The fourth-order valence-corrected chi connectivity index (χ4v) is 4.61. The van der Waals surface area contributed by atoms with Gasteiger partial charge in [-0.2, -0.15) is 0 Å². The number of ketones is 1. The Labute approximate surface area is 218 Å². The number of ether oxygens (including phenoxy) is 3. The van der Waals surface area contributed by atoms with Crippen molar-refractivity contribution in [3.05, 3.63) is 77.1 Å². The predicted octanol–water partition coefficient (Wildman–Crippen LogP) is 4.31. The lowest BCUT2D eigenvalue weighted by molar-refractivity contribution is -0.132. The van der Waals surface area contributed by atoms with Crippen LogP contribution in [0, 0.1) is 6.92 Å². The van der Waals surface area contributed by atoms with Gasteiger partial charge in [0.25, 0.3) is 5.78 Å². The van der Waals surface area contributed by atoms with Crippen molar-refractivity contribution < 1.29 is 28.9 Å². The highest BCUT2D eigenvalue weighted by Gasteiger charge is 2.48. The number of carbonyl (C=O) groups excluding carboxylic acids is 2. The van der Waals surface area contributed by atoms with E-state index in [4.69, 9.17) is 14.2 Å². The molecular formula is C28H26N4O6. The number of nitrogens with one attached hydrogen (secondary N) is 1. The number of aliphatic hydroxyl groups is 1. The van der Waals surface area contributed by atoms with Crippen LogP contribution in [-0.4, -0.2) is 52.6 Å². The number of pyridine rings is 1. The molecule has 10 heteroatoms. The molecule has 194 valence electrons. The number of rotatable bonds is 7. The van der Waals surface area contributed by atoms with Crippen LogP contribution < -0.4 is 19.1 Å². The molecule has 2 aromatic heterocycles. The summed E-state index contributed by atoms with van der Waals surface area (Å²) in [6, 6.07) is 10.9. The molecule has 38 heavy (non-hydrogen) atoms. The van der Waals surface area contributed by atoms with E-state index in [2.05, 4.69) is 15.0 Å². The van der Waals surface area contributed by atoms with Gasteiger partial charge in [0.1, 0.15) is 11.5 Å². The van der Waals surface area contributed by atoms with Gasteiger partial charge in [0.2, 0.25) is 5.95 Å². The second-order valence-electron chi connectivity index (χ2n) is 8.65. The fraction of sp³-hybridized carbons (Fsp3) is 0.214. The summed E-state index contributed by atoms with van der Waals surface area (Å²) in [7, 11) is 3.03. The van der Waals surface area contributed by atoms with Crippen molar-refractivity contribution in [2.24, 2.45) is 0 Å². The molecule has 0 bridgehead atoms. The van der Waals surface area contributed by atoms with Gasteiger partial charge >= 0.3 is 5.91 Å². The molecule has 1 aliphatic heterocycles. The molecule has 2 aromatic carbocycles. The van der Waals surface area contributed by atoms with Crippen molar-refractivity contribution in [3.63, 3.8) is 0 Å². The molecule has 0 spiro atoms. The first kappa shape index (κ1) is 24.8. The van der Waals surface area contributed by atoms with Gasteiger partial charge in [0, 0.05) is 30.1 Å². The summed E-state index contributed by atoms with van der Waals surface area (Å²) in [5.41, 5.74) is 2.71. The number of fused-ring (bicyclic) bond motifs is 1. The quantitative estimate of drug-likeness (QED) is 0.212. The first-order valence-corrected chi connectivity index (χ1v) is 11.9. The number of benzene rings is 2. The van der Waals surface area contributed by atoms with Gasteiger partial charge in [0.05, 0.1) is 43.5 Å². The van der Waals surface area contributed by atoms with E-state index in [1.807, 2.05) is 13.8 Å². The van der Waals surface area contributed by atoms with E-state index in [9.17, 15) is 14.7 Å². The highest BCUT2D eigenvalue weighted by atomic mass is 16.5. The van der Waals surface area contributed by atoms with E-state index in [0.717, 1.165) is 5.56 Å². The highest BCUT2D eigenvalue weighted by molar-refractivity contribution is 6.51. The molecule has 1 unspecified atom stereocenters. The molecule has 1 atom stereocenters. The number of hydrogen-bond acceptors (Lipinski definition) is 8. The van der Waals surface area contributed by atoms with Crippen LogP contribution >= 0.6 is 0 Å². The Balaban J connectivity index is 1.68. The number of carbonyl (C=O) groups is 2. The molecule has 1 fully saturated rings. The van der Waals surface area contributed by atoms with Gasteiger partial charge in [-0.3, -0.25) is 19.5 Å². The molecule has 10 nitrogen and oxygen atoms in total. The van der Waals surface area contributed by atoms with Crippen LogP contribution in [0.25, 0.3) is 16.8 Å². The molecule has 0 aliphatic carbocycles. The Kier molecular flexibility index (Phi) is 6.46. The number of anilines is 1. The first-order chi connectivity index (χ1) is 18.4. The smallest absolute Gasteiger partial charge is 0.302 e. The summed E-state index contributed by atoms with van der Waals surface area (Å²) < 4.78 is 16.3. The number of aliphatic hydroxyl groups excluding tert-OH is 1. The molecule has 1 amide bonds. The second-order valence-corrected chi connectivity index (χ2v) is 8.65. The average molecular weight is 515 g/mol. The normalized spacial score (nSPS) is 16.7. The predicted molar refractivity (Wildman–Crippen MR) is 141 cm³/mol. The topological polar surface area (TPSA) is 127 Å². The summed E-state index contributed by atoms with van der Waals surface area (Å²) >= 11 is 0. The van der Waals surface area contributed by atoms with Crippen LogP contribution in [0.3, 0.4) is 0 Å². The third-order valence-corrected chi connectivity index (χ3v) is 6.40. The minimum atomic E-state index is -0.972. The number of amides is 1. The number of methoxy groups -OCH3 is 2. The van der Waals surface area contributed by atoms with E-state index in [-0.39, 0.29) is 17.3 Å². The number of nitrogens with zero attached hydrogens (tertiary/aromatic N) is 3. The molecule has 3 heterocycles. The van der Waals surface area contributed by atoms with E-state index in [1.165, 1.54) is 19.1 Å². The molecule has 1 aliphatic rings. The first-order valence-electron chi connectivity index (χ1n) is 11.9. The Bertz CT molecular complexity index is 1540. The van der Waals surface area contributed by atoms with Gasteiger partial charge in [0.15, 0.2) is 11.5 Å².